The maximum atomic E-state index is 6.37. The first-order valence-electron chi connectivity index (χ1n) is 17.8. The van der Waals surface area contributed by atoms with E-state index in [2.05, 4.69) is 180 Å². The van der Waals surface area contributed by atoms with E-state index in [0.717, 1.165) is 38.8 Å². The topological polar surface area (TPSA) is 23.0 Å². The molecule has 244 valence electrons. The van der Waals surface area contributed by atoms with Crippen LogP contribution >= 0.6 is 0 Å². The molecule has 11 aromatic rings. The number of benzene rings is 8. The Hall–Kier alpha value is -6.84. The highest BCUT2D eigenvalue weighted by molar-refractivity contribution is 6.13. The molecule has 8 aromatic carbocycles. The molecule has 0 amide bonds. The Balaban J connectivity index is 1.04. The van der Waals surface area contributed by atoms with Crippen molar-refractivity contribution < 1.29 is 4.42 Å². The molecule has 0 spiro atoms. The Morgan fingerprint density at radius 2 is 0.904 bits per heavy atom. The standard InChI is InChI=1S/C49H32N2O/c1-31-18-25-45-41(28-31)43-30-34(22-27-47(43)50(45)35-10-3-2-4-11-35)33-21-26-46-42(29-33)38-12-5-7-16-44(38)51(46)36-23-19-32(20-24-36)37-14-9-15-40-39-13-6-8-17-48(39)52-49(37)40/h2-30H,1H3. The van der Waals surface area contributed by atoms with E-state index in [1.54, 1.807) is 0 Å². The third kappa shape index (κ3) is 4.26. The Morgan fingerprint density at radius 1 is 0.365 bits per heavy atom. The Labute approximate surface area is 300 Å². The van der Waals surface area contributed by atoms with Gasteiger partial charge in [-0.25, -0.2) is 0 Å². The second-order valence-electron chi connectivity index (χ2n) is 13.8. The van der Waals surface area contributed by atoms with E-state index >= 15 is 0 Å². The number of aromatic nitrogens is 2. The van der Waals surface area contributed by atoms with E-state index in [9.17, 15) is 0 Å². The Kier molecular flexibility index (Phi) is 6.17. The highest BCUT2D eigenvalue weighted by atomic mass is 16.3. The SMILES string of the molecule is Cc1ccc2c(c1)c1cc(-c3ccc4c(c3)c3ccccc3n4-c3ccc(-c4cccc5c4oc4ccccc45)cc3)ccc1n2-c1ccccc1. The maximum absolute atomic E-state index is 6.37. The lowest BCUT2D eigenvalue weighted by molar-refractivity contribution is 0.670. The number of rotatable bonds is 4. The molecule has 0 unspecified atom stereocenters. The molecule has 3 aromatic heterocycles. The van der Waals surface area contributed by atoms with E-state index in [1.807, 2.05) is 12.1 Å². The number of furan rings is 1. The molecule has 0 saturated heterocycles. The van der Waals surface area contributed by atoms with Crippen LogP contribution in [0.25, 0.3) is 99.2 Å². The minimum atomic E-state index is 0.917. The van der Waals surface area contributed by atoms with Gasteiger partial charge in [0.25, 0.3) is 0 Å². The summed E-state index contributed by atoms with van der Waals surface area (Å²) >= 11 is 0. The lowest BCUT2D eigenvalue weighted by atomic mass is 10.00. The molecule has 0 bridgehead atoms. The molecule has 0 aliphatic heterocycles. The third-order valence-electron chi connectivity index (χ3n) is 10.8. The highest BCUT2D eigenvalue weighted by Crippen LogP contribution is 2.40. The summed E-state index contributed by atoms with van der Waals surface area (Å²) in [7, 11) is 0. The van der Waals surface area contributed by atoms with Crippen LogP contribution in [0.4, 0.5) is 0 Å². The van der Waals surface area contributed by atoms with Crippen LogP contribution in [0.2, 0.25) is 0 Å². The molecule has 0 atom stereocenters. The zero-order valence-corrected chi connectivity index (χ0v) is 28.5. The summed E-state index contributed by atoms with van der Waals surface area (Å²) in [6.07, 6.45) is 0. The maximum Gasteiger partial charge on any atom is 0.143 e. The first kappa shape index (κ1) is 28.9. The van der Waals surface area contributed by atoms with E-state index in [4.69, 9.17) is 4.42 Å². The molecular formula is C49H32N2O. The molecule has 0 saturated carbocycles. The number of hydrogen-bond donors (Lipinski definition) is 0. The van der Waals surface area contributed by atoms with Crippen LogP contribution in [-0.4, -0.2) is 9.13 Å². The molecule has 52 heavy (non-hydrogen) atoms. The summed E-state index contributed by atoms with van der Waals surface area (Å²) in [5.41, 5.74) is 14.9. The minimum absolute atomic E-state index is 0.917. The fourth-order valence-electron chi connectivity index (χ4n) is 8.37. The molecule has 3 heteroatoms. The van der Waals surface area contributed by atoms with Gasteiger partial charge in [0.05, 0.1) is 22.1 Å². The molecule has 0 N–H and O–H groups in total. The predicted octanol–water partition coefficient (Wildman–Crippen LogP) is 13.4. The van der Waals surface area contributed by atoms with Gasteiger partial charge in [0, 0.05) is 49.3 Å². The van der Waals surface area contributed by atoms with Gasteiger partial charge in [-0.3, -0.25) is 0 Å². The summed E-state index contributed by atoms with van der Waals surface area (Å²) in [6, 6.07) is 63.6. The largest absolute Gasteiger partial charge is 0.455 e. The normalized spacial score (nSPS) is 11.9. The number of nitrogens with zero attached hydrogens (tertiary/aromatic N) is 2. The Morgan fingerprint density at radius 3 is 1.65 bits per heavy atom. The van der Waals surface area contributed by atoms with Gasteiger partial charge in [-0.2, -0.15) is 0 Å². The molecular weight excluding hydrogens is 633 g/mol. The van der Waals surface area contributed by atoms with Crippen molar-refractivity contribution in [3.63, 3.8) is 0 Å². The van der Waals surface area contributed by atoms with Crippen molar-refractivity contribution in [3.05, 3.63) is 181 Å². The fourth-order valence-corrected chi connectivity index (χ4v) is 8.37. The van der Waals surface area contributed by atoms with Crippen LogP contribution in [-0.2, 0) is 0 Å². The van der Waals surface area contributed by atoms with Gasteiger partial charge in [-0.1, -0.05) is 109 Å². The van der Waals surface area contributed by atoms with Crippen molar-refractivity contribution in [2.45, 2.75) is 6.92 Å². The number of aryl methyl sites for hydroxylation is 1. The lowest BCUT2D eigenvalue weighted by Crippen LogP contribution is -1.94. The van der Waals surface area contributed by atoms with Crippen molar-refractivity contribution >= 4 is 65.6 Å². The van der Waals surface area contributed by atoms with Crippen molar-refractivity contribution in [1.82, 2.24) is 9.13 Å². The molecule has 11 rings (SSSR count). The van der Waals surface area contributed by atoms with Crippen molar-refractivity contribution in [3.8, 4) is 33.6 Å². The van der Waals surface area contributed by atoms with Crippen LogP contribution in [0.1, 0.15) is 5.56 Å². The van der Waals surface area contributed by atoms with Crippen molar-refractivity contribution in [2.75, 3.05) is 0 Å². The van der Waals surface area contributed by atoms with Crippen molar-refractivity contribution in [2.24, 2.45) is 0 Å². The van der Waals surface area contributed by atoms with Crippen molar-refractivity contribution in [1.29, 1.82) is 0 Å². The summed E-state index contributed by atoms with van der Waals surface area (Å²) in [4.78, 5) is 0. The second-order valence-corrected chi connectivity index (χ2v) is 13.8. The van der Waals surface area contributed by atoms with Gasteiger partial charge >= 0.3 is 0 Å². The van der Waals surface area contributed by atoms with Gasteiger partial charge in [0.1, 0.15) is 11.2 Å². The second kappa shape index (κ2) is 11.1. The first-order valence-corrected chi connectivity index (χ1v) is 17.8. The summed E-state index contributed by atoms with van der Waals surface area (Å²) in [6.45, 7) is 2.17. The van der Waals surface area contributed by atoms with Crippen LogP contribution in [0, 0.1) is 6.92 Å². The molecule has 0 aliphatic rings. The average molecular weight is 665 g/mol. The summed E-state index contributed by atoms with van der Waals surface area (Å²) in [5.74, 6) is 0. The molecule has 3 heterocycles. The zero-order chi connectivity index (χ0) is 34.3. The van der Waals surface area contributed by atoms with Crippen LogP contribution in [0.15, 0.2) is 180 Å². The van der Waals surface area contributed by atoms with E-state index in [-0.39, 0.29) is 0 Å². The minimum Gasteiger partial charge on any atom is -0.455 e. The van der Waals surface area contributed by atoms with E-state index in [0.29, 0.717) is 0 Å². The zero-order valence-electron chi connectivity index (χ0n) is 28.5. The number of fused-ring (bicyclic) bond motifs is 9. The molecule has 0 aliphatic carbocycles. The fraction of sp³-hybridized carbons (Fsp3) is 0.0204. The number of para-hydroxylation sites is 4. The lowest BCUT2D eigenvalue weighted by Gasteiger charge is -2.10. The van der Waals surface area contributed by atoms with Gasteiger partial charge in [-0.15, -0.1) is 0 Å². The molecule has 0 fully saturated rings. The Bertz CT molecular complexity index is 3180. The first-order chi connectivity index (χ1) is 25.7. The van der Waals surface area contributed by atoms with Gasteiger partial charge in [0.2, 0.25) is 0 Å². The van der Waals surface area contributed by atoms with Crippen LogP contribution < -0.4 is 0 Å². The van der Waals surface area contributed by atoms with Gasteiger partial charge in [-0.05, 0) is 96.4 Å². The van der Waals surface area contributed by atoms with Gasteiger partial charge in [0.15, 0.2) is 0 Å². The summed E-state index contributed by atoms with van der Waals surface area (Å²) < 4.78 is 11.1. The van der Waals surface area contributed by atoms with Gasteiger partial charge < -0.3 is 13.6 Å². The monoisotopic (exact) mass is 664 g/mol. The molecule has 0 radical (unpaired) electrons. The van der Waals surface area contributed by atoms with E-state index < -0.39 is 0 Å². The van der Waals surface area contributed by atoms with Crippen LogP contribution in [0.3, 0.4) is 0 Å². The quantitative estimate of drug-likeness (QED) is 0.184. The predicted molar refractivity (Wildman–Crippen MR) is 218 cm³/mol. The third-order valence-corrected chi connectivity index (χ3v) is 10.8. The smallest absolute Gasteiger partial charge is 0.143 e. The van der Waals surface area contributed by atoms with E-state index in [1.165, 1.54) is 66.0 Å². The molecule has 3 nitrogen and oxygen atoms in total. The average Bonchev–Trinajstić information content (AvgIpc) is 3.85. The highest BCUT2D eigenvalue weighted by Gasteiger charge is 2.17. The summed E-state index contributed by atoms with van der Waals surface area (Å²) in [5, 5.41) is 7.32. The number of hydrogen-bond acceptors (Lipinski definition) is 1. The van der Waals surface area contributed by atoms with Crippen LogP contribution in [0.5, 0.6) is 0 Å².